The first-order chi connectivity index (χ1) is 9.67. The fourth-order valence-corrected chi connectivity index (χ4v) is 2.44. The zero-order chi connectivity index (χ0) is 14.5. The minimum absolute atomic E-state index is 0.875. The lowest BCUT2D eigenvalue weighted by atomic mass is 9.97. The normalized spacial score (nSPS) is 10.6. The summed E-state index contributed by atoms with van der Waals surface area (Å²) in [6, 6.07) is 6.52. The van der Waals surface area contributed by atoms with Crippen LogP contribution in [0.15, 0.2) is 24.5 Å². The molecule has 0 saturated carbocycles. The van der Waals surface area contributed by atoms with Crippen LogP contribution < -0.4 is 5.32 Å². The minimum Gasteiger partial charge on any atom is -0.370 e. The van der Waals surface area contributed by atoms with Crippen molar-refractivity contribution in [3.63, 3.8) is 0 Å². The van der Waals surface area contributed by atoms with Crippen molar-refractivity contribution in [1.29, 1.82) is 0 Å². The number of rotatable bonds is 5. The number of hydrogen-bond acceptors (Lipinski definition) is 3. The van der Waals surface area contributed by atoms with E-state index in [4.69, 9.17) is 0 Å². The maximum atomic E-state index is 4.56. The molecule has 0 radical (unpaired) electrons. The van der Waals surface area contributed by atoms with Crippen molar-refractivity contribution in [2.75, 3.05) is 11.9 Å². The summed E-state index contributed by atoms with van der Waals surface area (Å²) < 4.78 is 0. The number of aryl methyl sites for hydroxylation is 2. The van der Waals surface area contributed by atoms with Gasteiger partial charge in [0.2, 0.25) is 0 Å². The van der Waals surface area contributed by atoms with Crippen molar-refractivity contribution >= 4 is 5.82 Å². The van der Waals surface area contributed by atoms with Crippen LogP contribution in [0.1, 0.15) is 37.0 Å². The van der Waals surface area contributed by atoms with E-state index >= 15 is 0 Å². The van der Waals surface area contributed by atoms with Gasteiger partial charge in [-0.25, -0.2) is 9.97 Å². The third-order valence-corrected chi connectivity index (χ3v) is 3.44. The van der Waals surface area contributed by atoms with Gasteiger partial charge in [0.25, 0.3) is 0 Å². The number of benzene rings is 1. The van der Waals surface area contributed by atoms with Crippen LogP contribution in [-0.2, 0) is 6.42 Å². The summed E-state index contributed by atoms with van der Waals surface area (Å²) in [5, 5.41) is 3.35. The molecule has 1 N–H and O–H groups in total. The Kier molecular flexibility index (Phi) is 4.72. The molecular weight excluding hydrogens is 246 g/mol. The molecule has 20 heavy (non-hydrogen) atoms. The monoisotopic (exact) mass is 269 g/mol. The molecule has 0 bridgehead atoms. The van der Waals surface area contributed by atoms with Crippen LogP contribution in [0.5, 0.6) is 0 Å². The zero-order valence-corrected chi connectivity index (χ0v) is 12.8. The van der Waals surface area contributed by atoms with Crippen molar-refractivity contribution in [2.24, 2.45) is 0 Å². The number of nitrogens with zero attached hydrogens (tertiary/aromatic N) is 2. The summed E-state index contributed by atoms with van der Waals surface area (Å²) in [6.45, 7) is 9.42. The van der Waals surface area contributed by atoms with E-state index in [1.807, 2.05) is 0 Å². The SMILES string of the molecule is CCCc1c(NCC)ncnc1-c1cc(C)ccc1C. The number of nitrogens with one attached hydrogen (secondary N) is 1. The fraction of sp³-hybridized carbons (Fsp3) is 0.412. The maximum Gasteiger partial charge on any atom is 0.133 e. The summed E-state index contributed by atoms with van der Waals surface area (Å²) in [5.41, 5.74) is 6.03. The van der Waals surface area contributed by atoms with Gasteiger partial charge < -0.3 is 5.32 Å². The predicted molar refractivity (Wildman–Crippen MR) is 85.1 cm³/mol. The summed E-state index contributed by atoms with van der Waals surface area (Å²) in [6.07, 6.45) is 3.74. The van der Waals surface area contributed by atoms with Crippen LogP contribution in [0.2, 0.25) is 0 Å². The van der Waals surface area contributed by atoms with Crippen molar-refractivity contribution in [2.45, 2.75) is 40.5 Å². The van der Waals surface area contributed by atoms with Crippen LogP contribution in [-0.4, -0.2) is 16.5 Å². The molecular formula is C17H23N3. The van der Waals surface area contributed by atoms with E-state index in [-0.39, 0.29) is 0 Å². The predicted octanol–water partition coefficient (Wildman–Crippen LogP) is 4.14. The van der Waals surface area contributed by atoms with Gasteiger partial charge in [-0.2, -0.15) is 0 Å². The standard InChI is InChI=1S/C17H23N3/c1-5-7-14-16(19-11-20-17(14)18-6-2)15-10-12(3)8-9-13(15)4/h8-11H,5-7H2,1-4H3,(H,18,19,20). The Labute approximate surface area is 121 Å². The molecule has 0 spiro atoms. The van der Waals surface area contributed by atoms with Crippen molar-refractivity contribution < 1.29 is 0 Å². The van der Waals surface area contributed by atoms with Crippen molar-refractivity contribution in [3.05, 3.63) is 41.2 Å². The zero-order valence-electron chi connectivity index (χ0n) is 12.8. The molecule has 0 atom stereocenters. The fourth-order valence-electron chi connectivity index (χ4n) is 2.44. The summed E-state index contributed by atoms with van der Waals surface area (Å²) in [4.78, 5) is 8.96. The smallest absolute Gasteiger partial charge is 0.133 e. The Balaban J connectivity index is 2.60. The molecule has 0 fully saturated rings. The van der Waals surface area contributed by atoms with Gasteiger partial charge in [0, 0.05) is 17.7 Å². The van der Waals surface area contributed by atoms with E-state index in [0.717, 1.165) is 30.9 Å². The van der Waals surface area contributed by atoms with Gasteiger partial charge in [-0.05, 0) is 38.8 Å². The molecule has 0 amide bonds. The summed E-state index contributed by atoms with van der Waals surface area (Å²) in [7, 11) is 0. The summed E-state index contributed by atoms with van der Waals surface area (Å²) in [5.74, 6) is 0.972. The molecule has 0 unspecified atom stereocenters. The highest BCUT2D eigenvalue weighted by atomic mass is 15.0. The molecule has 3 nitrogen and oxygen atoms in total. The Morgan fingerprint density at radius 3 is 2.60 bits per heavy atom. The third-order valence-electron chi connectivity index (χ3n) is 3.44. The van der Waals surface area contributed by atoms with Crippen LogP contribution in [0.3, 0.4) is 0 Å². The lowest BCUT2D eigenvalue weighted by Crippen LogP contribution is -2.07. The topological polar surface area (TPSA) is 37.8 Å². The van der Waals surface area contributed by atoms with Gasteiger partial charge >= 0.3 is 0 Å². The molecule has 1 aromatic carbocycles. The van der Waals surface area contributed by atoms with Crippen LogP contribution >= 0.6 is 0 Å². The van der Waals surface area contributed by atoms with Gasteiger partial charge in [0.05, 0.1) is 5.69 Å². The first-order valence-electron chi connectivity index (χ1n) is 7.32. The van der Waals surface area contributed by atoms with Crippen molar-refractivity contribution in [3.8, 4) is 11.3 Å². The first kappa shape index (κ1) is 14.5. The van der Waals surface area contributed by atoms with E-state index in [2.05, 4.69) is 61.2 Å². The highest BCUT2D eigenvalue weighted by Crippen LogP contribution is 2.29. The minimum atomic E-state index is 0.875. The maximum absolute atomic E-state index is 4.56. The van der Waals surface area contributed by atoms with Gasteiger partial charge in [0.1, 0.15) is 12.1 Å². The molecule has 1 aromatic heterocycles. The molecule has 1 heterocycles. The molecule has 2 aromatic rings. The van der Waals surface area contributed by atoms with E-state index in [1.54, 1.807) is 6.33 Å². The largest absolute Gasteiger partial charge is 0.370 e. The molecule has 0 aliphatic rings. The van der Waals surface area contributed by atoms with E-state index < -0.39 is 0 Å². The Bertz CT molecular complexity index is 591. The Morgan fingerprint density at radius 1 is 1.10 bits per heavy atom. The van der Waals surface area contributed by atoms with Crippen LogP contribution in [0.4, 0.5) is 5.82 Å². The number of hydrogen-bond donors (Lipinski definition) is 1. The highest BCUT2D eigenvalue weighted by molar-refractivity contribution is 5.71. The Morgan fingerprint density at radius 2 is 1.90 bits per heavy atom. The second kappa shape index (κ2) is 6.51. The average Bonchev–Trinajstić information content (AvgIpc) is 2.44. The van der Waals surface area contributed by atoms with Crippen LogP contribution in [0, 0.1) is 13.8 Å². The van der Waals surface area contributed by atoms with Gasteiger partial charge in [-0.15, -0.1) is 0 Å². The van der Waals surface area contributed by atoms with Crippen molar-refractivity contribution in [1.82, 2.24) is 9.97 Å². The lowest BCUT2D eigenvalue weighted by Gasteiger charge is -2.15. The van der Waals surface area contributed by atoms with Gasteiger partial charge in [-0.3, -0.25) is 0 Å². The van der Waals surface area contributed by atoms with E-state index in [0.29, 0.717) is 0 Å². The first-order valence-corrected chi connectivity index (χ1v) is 7.32. The second-order valence-corrected chi connectivity index (χ2v) is 5.15. The summed E-state index contributed by atoms with van der Waals surface area (Å²) >= 11 is 0. The molecule has 3 heteroatoms. The van der Waals surface area contributed by atoms with E-state index in [9.17, 15) is 0 Å². The second-order valence-electron chi connectivity index (χ2n) is 5.15. The van der Waals surface area contributed by atoms with Gasteiger partial charge in [0.15, 0.2) is 0 Å². The van der Waals surface area contributed by atoms with Crippen LogP contribution in [0.25, 0.3) is 11.3 Å². The van der Waals surface area contributed by atoms with Gasteiger partial charge in [-0.1, -0.05) is 31.0 Å². The lowest BCUT2D eigenvalue weighted by molar-refractivity contribution is 0.902. The molecule has 0 saturated heterocycles. The molecule has 106 valence electrons. The quantitative estimate of drug-likeness (QED) is 0.886. The van der Waals surface area contributed by atoms with E-state index in [1.165, 1.54) is 22.3 Å². The number of aromatic nitrogens is 2. The molecule has 2 rings (SSSR count). The Hall–Kier alpha value is -1.90. The molecule has 0 aliphatic carbocycles. The third kappa shape index (κ3) is 2.98. The molecule has 0 aliphatic heterocycles. The highest BCUT2D eigenvalue weighted by Gasteiger charge is 2.13. The average molecular weight is 269 g/mol. The number of anilines is 1.